The Morgan fingerprint density at radius 2 is 1.88 bits per heavy atom. The van der Waals surface area contributed by atoms with Gasteiger partial charge in [-0.15, -0.1) is 0 Å². The lowest BCUT2D eigenvalue weighted by Gasteiger charge is -2.24. The summed E-state index contributed by atoms with van der Waals surface area (Å²) in [5, 5.41) is 11.9. The molecule has 0 radical (unpaired) electrons. The Morgan fingerprint density at radius 3 is 2.29 bits per heavy atom. The lowest BCUT2D eigenvalue weighted by Crippen LogP contribution is -2.24. The minimum absolute atomic E-state index is 0.0295. The van der Waals surface area contributed by atoms with Crippen molar-refractivity contribution in [3.05, 3.63) is 17.9 Å². The molecule has 0 saturated carbocycles. The average Bonchev–Trinajstić information content (AvgIpc) is 2.65. The zero-order valence-electron chi connectivity index (χ0n) is 10.9. The standard InChI is InChI=1S/C13H21NO3/c1-8(2)10(9(3)4)7-14-12-6-5-11(17-12)13(15)16/h5-6,8-10,14H,7H2,1-4H3,(H,15,16). The quantitative estimate of drug-likeness (QED) is 0.799. The van der Waals surface area contributed by atoms with Gasteiger partial charge in [-0.3, -0.25) is 0 Å². The van der Waals surface area contributed by atoms with Crippen molar-refractivity contribution in [2.24, 2.45) is 17.8 Å². The van der Waals surface area contributed by atoms with Crippen LogP contribution in [0.15, 0.2) is 16.5 Å². The van der Waals surface area contributed by atoms with Crippen LogP contribution >= 0.6 is 0 Å². The third-order valence-electron chi connectivity index (χ3n) is 3.04. The predicted octanol–water partition coefficient (Wildman–Crippen LogP) is 3.32. The molecular weight excluding hydrogens is 218 g/mol. The fourth-order valence-corrected chi connectivity index (χ4v) is 2.01. The SMILES string of the molecule is CC(C)C(CNc1ccc(C(=O)O)o1)C(C)C. The fraction of sp³-hybridized carbons (Fsp3) is 0.615. The first-order valence-corrected chi connectivity index (χ1v) is 5.98. The molecule has 2 N–H and O–H groups in total. The topological polar surface area (TPSA) is 62.5 Å². The zero-order valence-corrected chi connectivity index (χ0v) is 10.9. The van der Waals surface area contributed by atoms with Gasteiger partial charge in [0.25, 0.3) is 0 Å². The van der Waals surface area contributed by atoms with Gasteiger partial charge in [0.1, 0.15) is 0 Å². The summed E-state index contributed by atoms with van der Waals surface area (Å²) in [6, 6.07) is 3.12. The van der Waals surface area contributed by atoms with Crippen molar-refractivity contribution in [2.45, 2.75) is 27.7 Å². The molecule has 1 aromatic rings. The van der Waals surface area contributed by atoms with Crippen LogP contribution in [0.2, 0.25) is 0 Å². The van der Waals surface area contributed by atoms with Crippen LogP contribution in [0.1, 0.15) is 38.2 Å². The predicted molar refractivity (Wildman–Crippen MR) is 67.3 cm³/mol. The van der Waals surface area contributed by atoms with E-state index in [0.29, 0.717) is 23.6 Å². The van der Waals surface area contributed by atoms with Gasteiger partial charge in [-0.2, -0.15) is 0 Å². The monoisotopic (exact) mass is 239 g/mol. The van der Waals surface area contributed by atoms with Crippen molar-refractivity contribution in [1.29, 1.82) is 0 Å². The molecule has 17 heavy (non-hydrogen) atoms. The Hall–Kier alpha value is -1.45. The van der Waals surface area contributed by atoms with Crippen LogP contribution in [0.25, 0.3) is 0 Å². The molecule has 0 amide bonds. The van der Waals surface area contributed by atoms with Crippen molar-refractivity contribution < 1.29 is 14.3 Å². The first kappa shape index (κ1) is 13.6. The minimum Gasteiger partial charge on any atom is -0.475 e. The van der Waals surface area contributed by atoms with Crippen molar-refractivity contribution in [3.63, 3.8) is 0 Å². The molecule has 0 unspecified atom stereocenters. The Labute approximate surface area is 102 Å². The van der Waals surface area contributed by atoms with Crippen LogP contribution in [0.4, 0.5) is 5.88 Å². The van der Waals surface area contributed by atoms with Gasteiger partial charge < -0.3 is 14.8 Å². The number of carbonyl (C=O) groups is 1. The lowest BCUT2D eigenvalue weighted by atomic mass is 9.85. The molecule has 0 aliphatic rings. The van der Waals surface area contributed by atoms with E-state index in [1.54, 1.807) is 6.07 Å². The van der Waals surface area contributed by atoms with Crippen LogP contribution in [0.5, 0.6) is 0 Å². The van der Waals surface area contributed by atoms with E-state index in [4.69, 9.17) is 9.52 Å². The molecule has 1 aromatic heterocycles. The maximum Gasteiger partial charge on any atom is 0.371 e. The minimum atomic E-state index is -1.04. The van der Waals surface area contributed by atoms with E-state index in [1.807, 2.05) is 0 Å². The second-order valence-electron chi connectivity index (χ2n) is 5.00. The van der Waals surface area contributed by atoms with E-state index in [1.165, 1.54) is 6.07 Å². The molecule has 1 rings (SSSR count). The summed E-state index contributed by atoms with van der Waals surface area (Å²) < 4.78 is 5.14. The van der Waals surface area contributed by atoms with Crippen LogP contribution in [0.3, 0.4) is 0 Å². The number of hydrogen-bond acceptors (Lipinski definition) is 3. The van der Waals surface area contributed by atoms with Crippen LogP contribution in [0, 0.1) is 17.8 Å². The summed E-state index contributed by atoms with van der Waals surface area (Å²) in [7, 11) is 0. The Kier molecular flexibility index (Phi) is 4.61. The van der Waals surface area contributed by atoms with Crippen molar-refractivity contribution in [2.75, 3.05) is 11.9 Å². The molecule has 0 atom stereocenters. The van der Waals surface area contributed by atoms with Gasteiger partial charge in [0, 0.05) is 12.6 Å². The van der Waals surface area contributed by atoms with Gasteiger partial charge in [0.15, 0.2) is 5.88 Å². The normalized spacial score (nSPS) is 11.5. The van der Waals surface area contributed by atoms with Gasteiger partial charge in [-0.1, -0.05) is 27.7 Å². The third kappa shape index (κ3) is 3.80. The fourth-order valence-electron chi connectivity index (χ4n) is 2.01. The molecular formula is C13H21NO3. The third-order valence-corrected chi connectivity index (χ3v) is 3.04. The first-order valence-electron chi connectivity index (χ1n) is 5.98. The molecule has 4 nitrogen and oxygen atoms in total. The van der Waals surface area contributed by atoms with Crippen LogP contribution in [-0.4, -0.2) is 17.6 Å². The highest BCUT2D eigenvalue weighted by Gasteiger charge is 2.18. The molecule has 0 aliphatic heterocycles. The highest BCUT2D eigenvalue weighted by atomic mass is 16.4. The zero-order chi connectivity index (χ0) is 13.0. The smallest absolute Gasteiger partial charge is 0.371 e. The van der Waals surface area contributed by atoms with E-state index in [0.717, 1.165) is 6.54 Å². The van der Waals surface area contributed by atoms with E-state index in [9.17, 15) is 4.79 Å². The average molecular weight is 239 g/mol. The highest BCUT2D eigenvalue weighted by Crippen LogP contribution is 2.22. The Bertz CT molecular complexity index is 360. The van der Waals surface area contributed by atoms with Gasteiger partial charge in [-0.05, 0) is 23.8 Å². The van der Waals surface area contributed by atoms with Crippen molar-refractivity contribution in [3.8, 4) is 0 Å². The Morgan fingerprint density at radius 1 is 1.29 bits per heavy atom. The summed E-state index contributed by atoms with van der Waals surface area (Å²) in [4.78, 5) is 10.6. The maximum atomic E-state index is 10.6. The number of hydrogen-bond donors (Lipinski definition) is 2. The first-order chi connectivity index (χ1) is 7.91. The molecule has 0 bridgehead atoms. The molecule has 0 fully saturated rings. The summed E-state index contributed by atoms with van der Waals surface area (Å²) >= 11 is 0. The lowest BCUT2D eigenvalue weighted by molar-refractivity contribution is 0.0663. The second kappa shape index (κ2) is 5.75. The van der Waals surface area contributed by atoms with Crippen LogP contribution < -0.4 is 5.32 Å². The number of furan rings is 1. The van der Waals surface area contributed by atoms with E-state index in [2.05, 4.69) is 33.0 Å². The molecule has 0 aliphatic carbocycles. The number of anilines is 1. The van der Waals surface area contributed by atoms with Crippen molar-refractivity contribution >= 4 is 11.9 Å². The molecule has 1 heterocycles. The summed E-state index contributed by atoms with van der Waals surface area (Å²) in [5.74, 6) is 1.15. The van der Waals surface area contributed by atoms with Crippen molar-refractivity contribution in [1.82, 2.24) is 0 Å². The molecule has 96 valence electrons. The summed E-state index contributed by atoms with van der Waals surface area (Å²) in [5.41, 5.74) is 0. The number of aromatic carboxylic acids is 1. The van der Waals surface area contributed by atoms with Crippen LogP contribution in [-0.2, 0) is 0 Å². The number of nitrogens with one attached hydrogen (secondary N) is 1. The molecule has 0 spiro atoms. The summed E-state index contributed by atoms with van der Waals surface area (Å²) in [6.07, 6.45) is 0. The van der Waals surface area contributed by atoms with E-state index in [-0.39, 0.29) is 5.76 Å². The van der Waals surface area contributed by atoms with Gasteiger partial charge in [-0.25, -0.2) is 4.79 Å². The van der Waals surface area contributed by atoms with Gasteiger partial charge >= 0.3 is 5.97 Å². The Balaban J connectivity index is 2.56. The molecule has 0 saturated heterocycles. The maximum absolute atomic E-state index is 10.6. The van der Waals surface area contributed by atoms with E-state index >= 15 is 0 Å². The highest BCUT2D eigenvalue weighted by molar-refractivity contribution is 5.84. The van der Waals surface area contributed by atoms with Gasteiger partial charge in [0.05, 0.1) is 0 Å². The van der Waals surface area contributed by atoms with E-state index < -0.39 is 5.97 Å². The number of carboxylic acids is 1. The largest absolute Gasteiger partial charge is 0.475 e. The molecule has 0 aromatic carbocycles. The number of rotatable bonds is 6. The number of carboxylic acid groups (broad SMARTS) is 1. The summed E-state index contributed by atoms with van der Waals surface area (Å²) in [6.45, 7) is 9.56. The molecule has 4 heteroatoms. The second-order valence-corrected chi connectivity index (χ2v) is 5.00. The van der Waals surface area contributed by atoms with Gasteiger partial charge in [0.2, 0.25) is 5.76 Å².